The van der Waals surface area contributed by atoms with Crippen molar-refractivity contribution in [1.82, 2.24) is 4.90 Å². The van der Waals surface area contributed by atoms with Crippen molar-refractivity contribution in [3.63, 3.8) is 0 Å². The van der Waals surface area contributed by atoms with E-state index in [1.165, 1.54) is 25.3 Å². The third-order valence-corrected chi connectivity index (χ3v) is 5.40. The third kappa shape index (κ3) is 5.90. The first-order valence-corrected chi connectivity index (χ1v) is 10.3. The van der Waals surface area contributed by atoms with Crippen LogP contribution in [0.15, 0.2) is 47.4 Å². The van der Waals surface area contributed by atoms with Gasteiger partial charge in [-0.1, -0.05) is 12.1 Å². The van der Waals surface area contributed by atoms with Crippen LogP contribution < -0.4 is 4.74 Å². The summed E-state index contributed by atoms with van der Waals surface area (Å²) in [7, 11) is 1.52. The van der Waals surface area contributed by atoms with Crippen molar-refractivity contribution < 1.29 is 37.2 Å². The number of imide groups is 1. The van der Waals surface area contributed by atoms with E-state index in [9.17, 15) is 32.9 Å². The number of nitrogens with zero attached hydrogens (tertiary/aromatic N) is 2. The van der Waals surface area contributed by atoms with Gasteiger partial charge in [0.2, 0.25) is 5.75 Å². The van der Waals surface area contributed by atoms with E-state index in [-0.39, 0.29) is 28.2 Å². The highest BCUT2D eigenvalue weighted by Crippen LogP contribution is 2.38. The molecule has 0 saturated carbocycles. The molecule has 174 valence electrons. The van der Waals surface area contributed by atoms with E-state index in [0.717, 1.165) is 22.7 Å². The highest BCUT2D eigenvalue weighted by Gasteiger charge is 2.35. The van der Waals surface area contributed by atoms with Gasteiger partial charge in [0.15, 0.2) is 0 Å². The van der Waals surface area contributed by atoms with Crippen LogP contribution in [0.2, 0.25) is 0 Å². The topological polar surface area (TPSA) is 99.0 Å². The van der Waals surface area contributed by atoms with E-state index in [1.807, 2.05) is 0 Å². The predicted octanol–water partition coefficient (Wildman–Crippen LogP) is 5.48. The molecule has 0 spiro atoms. The summed E-state index contributed by atoms with van der Waals surface area (Å²) < 4.78 is 48.8. The number of alkyl halides is 3. The Labute approximate surface area is 190 Å². The summed E-state index contributed by atoms with van der Waals surface area (Å²) in [6.07, 6.45) is -2.69. The number of nitro benzene ring substituents is 1. The van der Waals surface area contributed by atoms with Gasteiger partial charge in [0.1, 0.15) is 5.75 Å². The maximum atomic E-state index is 12.8. The van der Waals surface area contributed by atoms with Crippen LogP contribution in [-0.4, -0.2) is 41.2 Å². The van der Waals surface area contributed by atoms with Crippen molar-refractivity contribution in [1.29, 1.82) is 0 Å². The number of methoxy groups -OCH3 is 1. The van der Waals surface area contributed by atoms with E-state index in [1.54, 1.807) is 12.1 Å². The van der Waals surface area contributed by atoms with E-state index in [2.05, 4.69) is 0 Å². The molecule has 2 aromatic carbocycles. The Balaban J connectivity index is 1.74. The van der Waals surface area contributed by atoms with E-state index < -0.39 is 28.3 Å². The standard InChI is InChI=1S/C21H17F3N2O6S/c1-31-10-2-9-25-19(27)18(33-20(25)28)11-13-3-6-15(7-4-13)32-17-8-5-14(21(22,23)24)12-16(17)26(29)30/h3-8,11-12H,2,9-10H2,1H3/b18-11+. The van der Waals surface area contributed by atoms with E-state index >= 15 is 0 Å². The van der Waals surface area contributed by atoms with Gasteiger partial charge in [0.25, 0.3) is 11.1 Å². The lowest BCUT2D eigenvalue weighted by atomic mass is 10.1. The summed E-state index contributed by atoms with van der Waals surface area (Å²) in [5, 5.41) is 10.8. The fourth-order valence-electron chi connectivity index (χ4n) is 2.89. The molecule has 3 rings (SSSR count). The lowest BCUT2D eigenvalue weighted by molar-refractivity contribution is -0.385. The smallest absolute Gasteiger partial charge is 0.416 e. The fourth-order valence-corrected chi connectivity index (χ4v) is 3.76. The molecular formula is C21H17F3N2O6S. The molecule has 1 fully saturated rings. The quantitative estimate of drug-likeness (QED) is 0.213. The lowest BCUT2D eigenvalue weighted by Crippen LogP contribution is -2.29. The second kappa shape index (κ2) is 10.0. The van der Waals surface area contributed by atoms with Crippen LogP contribution in [0.25, 0.3) is 6.08 Å². The normalized spacial score (nSPS) is 15.4. The molecular weight excluding hydrogens is 465 g/mol. The second-order valence-electron chi connectivity index (χ2n) is 6.79. The second-order valence-corrected chi connectivity index (χ2v) is 7.78. The zero-order valence-electron chi connectivity index (χ0n) is 17.1. The third-order valence-electron chi connectivity index (χ3n) is 4.49. The van der Waals surface area contributed by atoms with Crippen LogP contribution in [0.3, 0.4) is 0 Å². The van der Waals surface area contributed by atoms with Crippen molar-refractivity contribution in [3.05, 3.63) is 68.6 Å². The molecule has 12 heteroatoms. The molecule has 1 saturated heterocycles. The number of halogens is 3. The number of thioether (sulfide) groups is 1. The Kier molecular flexibility index (Phi) is 7.39. The average molecular weight is 482 g/mol. The first-order chi connectivity index (χ1) is 15.6. The summed E-state index contributed by atoms with van der Waals surface area (Å²) in [4.78, 5) is 36.1. The highest BCUT2D eigenvalue weighted by atomic mass is 32.2. The van der Waals surface area contributed by atoms with Gasteiger partial charge in [0, 0.05) is 26.3 Å². The van der Waals surface area contributed by atoms with Gasteiger partial charge in [-0.2, -0.15) is 13.2 Å². The number of hydrogen-bond acceptors (Lipinski definition) is 7. The number of nitro groups is 1. The largest absolute Gasteiger partial charge is 0.450 e. The lowest BCUT2D eigenvalue weighted by Gasteiger charge is -2.11. The fraction of sp³-hybridized carbons (Fsp3) is 0.238. The first-order valence-electron chi connectivity index (χ1n) is 9.48. The average Bonchev–Trinajstić information content (AvgIpc) is 3.02. The molecule has 0 unspecified atom stereocenters. The number of carbonyl (C=O) groups is 2. The molecule has 0 atom stereocenters. The zero-order valence-corrected chi connectivity index (χ0v) is 17.9. The minimum Gasteiger partial charge on any atom is -0.450 e. The summed E-state index contributed by atoms with van der Waals surface area (Å²) >= 11 is 0.810. The van der Waals surface area contributed by atoms with Gasteiger partial charge in [-0.3, -0.25) is 24.6 Å². The Morgan fingerprint density at radius 2 is 1.85 bits per heavy atom. The molecule has 1 aliphatic rings. The van der Waals surface area contributed by atoms with E-state index in [0.29, 0.717) is 30.7 Å². The Morgan fingerprint density at radius 3 is 2.45 bits per heavy atom. The van der Waals surface area contributed by atoms with Crippen LogP contribution in [0.4, 0.5) is 23.7 Å². The number of hydrogen-bond donors (Lipinski definition) is 0. The monoisotopic (exact) mass is 482 g/mol. The molecule has 2 aromatic rings. The van der Waals surface area contributed by atoms with Crippen molar-refractivity contribution in [2.45, 2.75) is 12.6 Å². The zero-order chi connectivity index (χ0) is 24.2. The maximum Gasteiger partial charge on any atom is 0.416 e. The van der Waals surface area contributed by atoms with Gasteiger partial charge in [0.05, 0.1) is 15.4 Å². The highest BCUT2D eigenvalue weighted by molar-refractivity contribution is 8.18. The van der Waals surface area contributed by atoms with Crippen LogP contribution in [0.1, 0.15) is 17.5 Å². The van der Waals surface area contributed by atoms with Crippen LogP contribution in [-0.2, 0) is 15.7 Å². The van der Waals surface area contributed by atoms with Crippen LogP contribution in [0.5, 0.6) is 11.5 Å². The summed E-state index contributed by atoms with van der Waals surface area (Å²) in [6.45, 7) is 0.661. The summed E-state index contributed by atoms with van der Waals surface area (Å²) in [5.41, 5.74) is -1.42. The van der Waals surface area contributed by atoms with Gasteiger partial charge in [-0.05, 0) is 54.1 Å². The van der Waals surface area contributed by atoms with Crippen molar-refractivity contribution >= 4 is 34.7 Å². The molecule has 1 aliphatic heterocycles. The number of benzene rings is 2. The van der Waals surface area contributed by atoms with Gasteiger partial charge in [-0.25, -0.2) is 0 Å². The summed E-state index contributed by atoms with van der Waals surface area (Å²) in [5.74, 6) is -0.623. The molecule has 33 heavy (non-hydrogen) atoms. The van der Waals surface area contributed by atoms with Gasteiger partial charge in [-0.15, -0.1) is 0 Å². The first kappa shape index (κ1) is 24.3. The summed E-state index contributed by atoms with van der Waals surface area (Å²) in [6, 6.07) is 7.96. The number of carbonyl (C=O) groups excluding carboxylic acids is 2. The minimum absolute atomic E-state index is 0.141. The van der Waals surface area contributed by atoms with E-state index in [4.69, 9.17) is 9.47 Å². The van der Waals surface area contributed by atoms with Crippen molar-refractivity contribution in [2.75, 3.05) is 20.3 Å². The van der Waals surface area contributed by atoms with Gasteiger partial charge < -0.3 is 9.47 Å². The molecule has 0 aromatic heterocycles. The van der Waals surface area contributed by atoms with Gasteiger partial charge >= 0.3 is 11.9 Å². The molecule has 0 aliphatic carbocycles. The van der Waals surface area contributed by atoms with Crippen molar-refractivity contribution in [3.8, 4) is 11.5 Å². The number of rotatable bonds is 8. The van der Waals surface area contributed by atoms with Crippen LogP contribution >= 0.6 is 11.8 Å². The number of ether oxygens (including phenoxy) is 2. The molecule has 0 radical (unpaired) electrons. The molecule has 0 N–H and O–H groups in total. The molecule has 2 amide bonds. The number of amides is 2. The SMILES string of the molecule is COCCCN1C(=O)S/C(=C/c2ccc(Oc3ccc(C(F)(F)F)cc3[N+](=O)[O-])cc2)C1=O. The predicted molar refractivity (Wildman–Crippen MR) is 114 cm³/mol. The molecule has 1 heterocycles. The molecule has 8 nitrogen and oxygen atoms in total. The molecule has 0 bridgehead atoms. The van der Waals surface area contributed by atoms with Crippen LogP contribution in [0, 0.1) is 10.1 Å². The minimum atomic E-state index is -4.73. The Hall–Kier alpha value is -3.38. The Morgan fingerprint density at radius 1 is 1.15 bits per heavy atom. The maximum absolute atomic E-state index is 12.8. The Bertz CT molecular complexity index is 1100. The van der Waals surface area contributed by atoms with Crippen molar-refractivity contribution in [2.24, 2.45) is 0 Å².